The molecule has 2 saturated heterocycles. The van der Waals surface area contributed by atoms with Crippen LogP contribution in [0.3, 0.4) is 0 Å². The molecule has 0 unspecified atom stereocenters. The van der Waals surface area contributed by atoms with E-state index in [9.17, 15) is 4.79 Å². The summed E-state index contributed by atoms with van der Waals surface area (Å²) < 4.78 is 0. The van der Waals surface area contributed by atoms with Crippen molar-refractivity contribution in [3.63, 3.8) is 0 Å². The predicted molar refractivity (Wildman–Crippen MR) is 122 cm³/mol. The fourth-order valence-corrected chi connectivity index (χ4v) is 4.09. The molecule has 1 aromatic rings. The molecule has 166 valence electrons. The topological polar surface area (TPSA) is 54.4 Å². The summed E-state index contributed by atoms with van der Waals surface area (Å²) in [6, 6.07) is 8.91. The van der Waals surface area contributed by atoms with E-state index < -0.39 is 0 Å². The minimum atomic E-state index is 0.156. The van der Waals surface area contributed by atoms with E-state index in [0.717, 1.165) is 58.3 Å². The summed E-state index contributed by atoms with van der Waals surface area (Å²) in [5, 5.41) is 3.40. The van der Waals surface area contributed by atoms with Crippen molar-refractivity contribution in [2.45, 2.75) is 33.4 Å². The van der Waals surface area contributed by atoms with Crippen LogP contribution in [0, 0.1) is 0 Å². The highest BCUT2D eigenvalue weighted by atomic mass is 16.2. The first-order chi connectivity index (χ1) is 14.5. The summed E-state index contributed by atoms with van der Waals surface area (Å²) in [5.74, 6) is 1.10. The fourth-order valence-electron chi connectivity index (χ4n) is 4.09. The molecule has 0 spiro atoms. The van der Waals surface area contributed by atoms with Gasteiger partial charge in [-0.05, 0) is 44.6 Å². The van der Waals surface area contributed by atoms with Gasteiger partial charge in [0.1, 0.15) is 0 Å². The van der Waals surface area contributed by atoms with Crippen LogP contribution in [0.4, 0.5) is 0 Å². The van der Waals surface area contributed by atoms with E-state index in [2.05, 4.69) is 58.3 Å². The lowest BCUT2D eigenvalue weighted by molar-refractivity contribution is -0.130. The van der Waals surface area contributed by atoms with Gasteiger partial charge in [0.2, 0.25) is 5.91 Å². The Kier molecular flexibility index (Phi) is 8.51. The Hall–Kier alpha value is -2.12. The number of carbonyl (C=O) groups excluding carboxylic acids is 1. The van der Waals surface area contributed by atoms with E-state index in [1.807, 2.05) is 4.90 Å². The van der Waals surface area contributed by atoms with Gasteiger partial charge in [-0.3, -0.25) is 9.69 Å². The lowest BCUT2D eigenvalue weighted by Crippen LogP contribution is -2.53. The largest absolute Gasteiger partial charge is 0.357 e. The van der Waals surface area contributed by atoms with Crippen molar-refractivity contribution in [2.24, 2.45) is 4.99 Å². The minimum absolute atomic E-state index is 0.156. The fraction of sp³-hybridized carbons (Fsp3) is 0.652. The lowest BCUT2D eigenvalue weighted by atomic mass is 10.1. The second-order valence-electron chi connectivity index (χ2n) is 8.41. The Morgan fingerprint density at radius 3 is 2.27 bits per heavy atom. The Labute approximate surface area is 181 Å². The van der Waals surface area contributed by atoms with Crippen molar-refractivity contribution in [1.82, 2.24) is 24.9 Å². The number of piperazine rings is 1. The summed E-state index contributed by atoms with van der Waals surface area (Å²) in [4.78, 5) is 25.5. The second-order valence-corrected chi connectivity index (χ2v) is 8.41. The van der Waals surface area contributed by atoms with E-state index in [1.54, 1.807) is 6.92 Å². The molecule has 0 aromatic heterocycles. The highest BCUT2D eigenvalue weighted by Gasteiger charge is 2.20. The van der Waals surface area contributed by atoms with Gasteiger partial charge in [-0.15, -0.1) is 0 Å². The average molecular weight is 415 g/mol. The van der Waals surface area contributed by atoms with Crippen molar-refractivity contribution in [3.05, 3.63) is 35.4 Å². The summed E-state index contributed by atoms with van der Waals surface area (Å²) in [5.41, 5.74) is 2.60. The van der Waals surface area contributed by atoms with Gasteiger partial charge in [-0.1, -0.05) is 24.3 Å². The molecule has 0 bridgehead atoms. The molecule has 3 rings (SSSR count). The van der Waals surface area contributed by atoms with E-state index >= 15 is 0 Å². The molecule has 0 radical (unpaired) electrons. The molecule has 2 aliphatic rings. The number of hydrogen-bond acceptors (Lipinski definition) is 4. The molecular formula is C23H38N6O. The number of aliphatic imine (C=N–C) groups is 1. The molecule has 0 saturated carbocycles. The summed E-state index contributed by atoms with van der Waals surface area (Å²) in [6.07, 6.45) is 1.25. The minimum Gasteiger partial charge on any atom is -0.357 e. The van der Waals surface area contributed by atoms with Crippen LogP contribution in [-0.2, 0) is 17.9 Å². The molecule has 2 fully saturated rings. The molecule has 0 atom stereocenters. The van der Waals surface area contributed by atoms with Crippen LogP contribution in [0.1, 0.15) is 31.4 Å². The SMILES string of the molecule is CCNC(=NCc1ccc(CN2CCCN(C)CC2)cc1)N1CCN(C(C)=O)CC1. The maximum atomic E-state index is 11.6. The Morgan fingerprint density at radius 1 is 0.933 bits per heavy atom. The summed E-state index contributed by atoms with van der Waals surface area (Å²) in [6.45, 7) is 14.1. The first-order valence-corrected chi connectivity index (χ1v) is 11.3. The molecule has 30 heavy (non-hydrogen) atoms. The molecule has 7 nitrogen and oxygen atoms in total. The quantitative estimate of drug-likeness (QED) is 0.584. The second kappa shape index (κ2) is 11.3. The third-order valence-corrected chi connectivity index (χ3v) is 6.01. The highest BCUT2D eigenvalue weighted by Crippen LogP contribution is 2.11. The maximum absolute atomic E-state index is 11.6. The zero-order chi connectivity index (χ0) is 21.3. The van der Waals surface area contributed by atoms with Gasteiger partial charge < -0.3 is 20.0 Å². The average Bonchev–Trinajstić information content (AvgIpc) is 2.96. The third kappa shape index (κ3) is 6.71. The van der Waals surface area contributed by atoms with Crippen molar-refractivity contribution in [3.8, 4) is 0 Å². The van der Waals surface area contributed by atoms with Gasteiger partial charge in [0, 0.05) is 59.3 Å². The Bertz CT molecular complexity index is 696. The number of amides is 1. The van der Waals surface area contributed by atoms with Gasteiger partial charge in [-0.2, -0.15) is 0 Å². The van der Waals surface area contributed by atoms with Crippen molar-refractivity contribution < 1.29 is 4.79 Å². The first kappa shape index (κ1) is 22.6. The van der Waals surface area contributed by atoms with E-state index in [0.29, 0.717) is 6.54 Å². The molecule has 2 aliphatic heterocycles. The summed E-state index contributed by atoms with van der Waals surface area (Å²) in [7, 11) is 2.21. The van der Waals surface area contributed by atoms with E-state index in [-0.39, 0.29) is 5.91 Å². The van der Waals surface area contributed by atoms with E-state index in [4.69, 9.17) is 4.99 Å². The van der Waals surface area contributed by atoms with Crippen LogP contribution < -0.4 is 5.32 Å². The molecular weight excluding hydrogens is 376 g/mol. The van der Waals surface area contributed by atoms with Crippen LogP contribution in [-0.4, -0.2) is 97.4 Å². The van der Waals surface area contributed by atoms with Crippen LogP contribution in [0.2, 0.25) is 0 Å². The molecule has 1 N–H and O–H groups in total. The maximum Gasteiger partial charge on any atom is 0.219 e. The Morgan fingerprint density at radius 2 is 1.60 bits per heavy atom. The molecule has 2 heterocycles. The molecule has 1 aromatic carbocycles. The highest BCUT2D eigenvalue weighted by molar-refractivity contribution is 5.80. The third-order valence-electron chi connectivity index (χ3n) is 6.01. The lowest BCUT2D eigenvalue weighted by Gasteiger charge is -2.36. The normalized spacial score (nSPS) is 19.6. The number of hydrogen-bond donors (Lipinski definition) is 1. The van der Waals surface area contributed by atoms with Crippen LogP contribution >= 0.6 is 0 Å². The van der Waals surface area contributed by atoms with Crippen LogP contribution in [0.5, 0.6) is 0 Å². The van der Waals surface area contributed by atoms with Crippen LogP contribution in [0.25, 0.3) is 0 Å². The first-order valence-electron chi connectivity index (χ1n) is 11.3. The molecule has 7 heteroatoms. The standard InChI is InChI=1S/C23H38N6O/c1-4-24-23(29-16-14-28(15-17-29)20(2)30)25-18-21-6-8-22(9-7-21)19-27-11-5-10-26(3)12-13-27/h6-9H,4-5,10-19H2,1-3H3,(H,24,25). The van der Waals surface area contributed by atoms with Crippen molar-refractivity contribution in [1.29, 1.82) is 0 Å². The van der Waals surface area contributed by atoms with Crippen LogP contribution in [0.15, 0.2) is 29.3 Å². The van der Waals surface area contributed by atoms with Gasteiger partial charge in [0.05, 0.1) is 6.54 Å². The molecule has 0 aliphatic carbocycles. The monoisotopic (exact) mass is 414 g/mol. The van der Waals surface area contributed by atoms with Gasteiger partial charge in [-0.25, -0.2) is 4.99 Å². The van der Waals surface area contributed by atoms with Gasteiger partial charge in [0.25, 0.3) is 0 Å². The number of carbonyl (C=O) groups is 1. The number of guanidine groups is 1. The van der Waals surface area contributed by atoms with Crippen molar-refractivity contribution in [2.75, 3.05) is 66.0 Å². The Balaban J connectivity index is 1.53. The van der Waals surface area contributed by atoms with Gasteiger partial charge in [0.15, 0.2) is 5.96 Å². The number of benzene rings is 1. The number of rotatable bonds is 5. The van der Waals surface area contributed by atoms with E-state index in [1.165, 1.54) is 30.6 Å². The number of nitrogens with one attached hydrogen (secondary N) is 1. The molecule has 1 amide bonds. The number of likely N-dealkylation sites (N-methyl/N-ethyl adjacent to an activating group) is 1. The smallest absolute Gasteiger partial charge is 0.219 e. The summed E-state index contributed by atoms with van der Waals surface area (Å²) >= 11 is 0. The predicted octanol–water partition coefficient (Wildman–Crippen LogP) is 1.45. The number of nitrogens with zero attached hydrogens (tertiary/aromatic N) is 5. The zero-order valence-electron chi connectivity index (χ0n) is 18.9. The zero-order valence-corrected chi connectivity index (χ0v) is 18.9. The van der Waals surface area contributed by atoms with Crippen molar-refractivity contribution >= 4 is 11.9 Å². The van der Waals surface area contributed by atoms with Gasteiger partial charge >= 0.3 is 0 Å².